The summed E-state index contributed by atoms with van der Waals surface area (Å²) in [6.45, 7) is 1.52. The van der Waals surface area contributed by atoms with Crippen LogP contribution in [0.3, 0.4) is 0 Å². The smallest absolute Gasteiger partial charge is 0.379 e. The SMILES string of the molecule is COCC(C)(OC)OOOC(=O)OO. The van der Waals surface area contributed by atoms with Crippen LogP contribution >= 0.6 is 0 Å². The molecule has 0 aliphatic carbocycles. The van der Waals surface area contributed by atoms with Crippen LogP contribution in [0.2, 0.25) is 0 Å². The minimum absolute atomic E-state index is 0.0427. The number of hydrogen-bond acceptors (Lipinski definition) is 8. The summed E-state index contributed by atoms with van der Waals surface area (Å²) in [5.74, 6) is -1.23. The summed E-state index contributed by atoms with van der Waals surface area (Å²) < 4.78 is 9.56. The number of carbonyl (C=O) groups is 1. The molecule has 0 aromatic carbocycles. The van der Waals surface area contributed by atoms with Gasteiger partial charge in [-0.25, -0.2) is 4.89 Å². The van der Waals surface area contributed by atoms with Gasteiger partial charge in [-0.3, -0.25) is 4.89 Å². The molecule has 0 radical (unpaired) electrons. The highest BCUT2D eigenvalue weighted by molar-refractivity contribution is 5.57. The Labute approximate surface area is 80.0 Å². The first-order valence-electron chi connectivity index (χ1n) is 3.50. The van der Waals surface area contributed by atoms with E-state index in [1.165, 1.54) is 21.1 Å². The van der Waals surface area contributed by atoms with Crippen LogP contribution in [0, 0.1) is 0 Å². The van der Waals surface area contributed by atoms with Crippen molar-refractivity contribution in [1.29, 1.82) is 0 Å². The largest absolute Gasteiger partial charge is 0.575 e. The minimum atomic E-state index is -1.47. The van der Waals surface area contributed by atoms with Crippen molar-refractivity contribution in [1.82, 2.24) is 0 Å². The second-order valence-corrected chi connectivity index (χ2v) is 2.35. The molecule has 1 atom stereocenters. The normalized spacial score (nSPS) is 14.6. The summed E-state index contributed by atoms with van der Waals surface area (Å²) in [6.07, 6.45) is -1.47. The van der Waals surface area contributed by atoms with Gasteiger partial charge < -0.3 is 9.47 Å². The van der Waals surface area contributed by atoms with Crippen molar-refractivity contribution in [3.05, 3.63) is 0 Å². The van der Waals surface area contributed by atoms with Crippen molar-refractivity contribution < 1.29 is 39.2 Å². The van der Waals surface area contributed by atoms with Crippen LogP contribution in [-0.2, 0) is 29.2 Å². The molecule has 0 aliphatic heterocycles. The highest BCUT2D eigenvalue weighted by Crippen LogP contribution is 2.12. The quantitative estimate of drug-likeness (QED) is 0.386. The minimum Gasteiger partial charge on any atom is -0.379 e. The fraction of sp³-hybridized carbons (Fsp3) is 0.833. The zero-order valence-electron chi connectivity index (χ0n) is 8.01. The first-order chi connectivity index (χ1) is 6.58. The van der Waals surface area contributed by atoms with Gasteiger partial charge in [-0.2, -0.15) is 14.9 Å². The Hall–Kier alpha value is -0.930. The monoisotopic (exact) mass is 212 g/mol. The first-order valence-corrected chi connectivity index (χ1v) is 3.50. The fourth-order valence-corrected chi connectivity index (χ4v) is 0.511. The van der Waals surface area contributed by atoms with Gasteiger partial charge in [-0.1, -0.05) is 0 Å². The standard InChI is InChI=1S/C6H12O8/c1-6(10-3,4-9-2)13-14-12-5(7)11-8/h8H,4H2,1-3H3. The van der Waals surface area contributed by atoms with Crippen LogP contribution in [-0.4, -0.2) is 38.0 Å². The van der Waals surface area contributed by atoms with E-state index < -0.39 is 11.9 Å². The fourth-order valence-electron chi connectivity index (χ4n) is 0.511. The van der Waals surface area contributed by atoms with Gasteiger partial charge in [0.2, 0.25) is 5.79 Å². The Bertz CT molecular complexity index is 171. The molecule has 1 N–H and O–H groups in total. The molecule has 0 saturated carbocycles. The number of hydrogen-bond donors (Lipinski definition) is 1. The molecule has 0 bridgehead atoms. The van der Waals surface area contributed by atoms with Gasteiger partial charge in [0.1, 0.15) is 6.61 Å². The molecular weight excluding hydrogens is 200 g/mol. The molecule has 1 unspecified atom stereocenters. The maximum Gasteiger partial charge on any atom is 0.575 e. The summed E-state index contributed by atoms with van der Waals surface area (Å²) in [5.41, 5.74) is 0. The third-order valence-corrected chi connectivity index (χ3v) is 1.23. The first kappa shape index (κ1) is 13.1. The van der Waals surface area contributed by atoms with E-state index in [9.17, 15) is 4.79 Å². The van der Waals surface area contributed by atoms with E-state index in [0.29, 0.717) is 0 Å². The summed E-state index contributed by atoms with van der Waals surface area (Å²) >= 11 is 0. The van der Waals surface area contributed by atoms with Gasteiger partial charge >= 0.3 is 6.16 Å². The van der Waals surface area contributed by atoms with Crippen LogP contribution in [0.15, 0.2) is 0 Å². The Morgan fingerprint density at radius 2 is 2.07 bits per heavy atom. The van der Waals surface area contributed by atoms with Gasteiger partial charge in [-0.05, 0) is 12.0 Å². The Balaban J connectivity index is 3.77. The lowest BCUT2D eigenvalue weighted by molar-refractivity contribution is -0.553. The van der Waals surface area contributed by atoms with Crippen molar-refractivity contribution >= 4 is 6.16 Å². The molecule has 0 spiro atoms. The van der Waals surface area contributed by atoms with E-state index in [1.54, 1.807) is 0 Å². The van der Waals surface area contributed by atoms with Crippen LogP contribution < -0.4 is 0 Å². The van der Waals surface area contributed by atoms with Gasteiger partial charge in [0.25, 0.3) is 0 Å². The van der Waals surface area contributed by atoms with Gasteiger partial charge in [0, 0.05) is 14.2 Å². The summed E-state index contributed by atoms with van der Waals surface area (Å²) in [7, 11) is 2.76. The Kier molecular flexibility index (Phi) is 6.08. The van der Waals surface area contributed by atoms with E-state index in [1.807, 2.05) is 0 Å². The number of rotatable bonds is 6. The van der Waals surface area contributed by atoms with Crippen molar-refractivity contribution in [3.63, 3.8) is 0 Å². The molecule has 0 amide bonds. The number of methoxy groups -OCH3 is 2. The van der Waals surface area contributed by atoms with Crippen molar-refractivity contribution in [2.45, 2.75) is 12.7 Å². The molecule has 0 aliphatic rings. The molecule has 0 heterocycles. The van der Waals surface area contributed by atoms with E-state index in [-0.39, 0.29) is 6.61 Å². The third-order valence-electron chi connectivity index (χ3n) is 1.23. The molecule has 14 heavy (non-hydrogen) atoms. The zero-order chi connectivity index (χ0) is 11.0. The average Bonchev–Trinajstić information content (AvgIpc) is 2.18. The molecule has 8 nitrogen and oxygen atoms in total. The lowest BCUT2D eigenvalue weighted by Gasteiger charge is -2.23. The van der Waals surface area contributed by atoms with Gasteiger partial charge in [0.15, 0.2) is 0 Å². The topological polar surface area (TPSA) is 92.7 Å². The van der Waals surface area contributed by atoms with Crippen LogP contribution in [0.5, 0.6) is 0 Å². The molecule has 0 aromatic rings. The van der Waals surface area contributed by atoms with Gasteiger partial charge in [0.05, 0.1) is 0 Å². The van der Waals surface area contributed by atoms with E-state index in [2.05, 4.69) is 19.7 Å². The Morgan fingerprint density at radius 1 is 1.43 bits per heavy atom. The lowest BCUT2D eigenvalue weighted by Crippen LogP contribution is -2.36. The van der Waals surface area contributed by atoms with Crippen LogP contribution in [0.25, 0.3) is 0 Å². The average molecular weight is 212 g/mol. The Morgan fingerprint density at radius 3 is 2.50 bits per heavy atom. The highest BCUT2D eigenvalue weighted by Gasteiger charge is 2.27. The van der Waals surface area contributed by atoms with Crippen LogP contribution in [0.4, 0.5) is 4.79 Å². The van der Waals surface area contributed by atoms with Gasteiger partial charge in [-0.15, -0.1) is 0 Å². The molecule has 84 valence electrons. The van der Waals surface area contributed by atoms with Crippen molar-refractivity contribution in [2.75, 3.05) is 20.8 Å². The van der Waals surface area contributed by atoms with E-state index in [0.717, 1.165) is 0 Å². The maximum absolute atomic E-state index is 10.2. The molecule has 0 fully saturated rings. The summed E-state index contributed by atoms with van der Waals surface area (Å²) in [5, 5.41) is 11.7. The molecule has 0 aromatic heterocycles. The third kappa shape index (κ3) is 4.94. The second kappa shape index (κ2) is 6.51. The second-order valence-electron chi connectivity index (χ2n) is 2.35. The molecule has 0 saturated heterocycles. The maximum atomic E-state index is 10.2. The zero-order valence-corrected chi connectivity index (χ0v) is 8.01. The highest BCUT2D eigenvalue weighted by atomic mass is 17.5. The lowest BCUT2D eigenvalue weighted by atomic mass is 10.3. The summed E-state index contributed by atoms with van der Waals surface area (Å²) in [6, 6.07) is 0. The molecule has 0 rings (SSSR count). The van der Waals surface area contributed by atoms with E-state index >= 15 is 0 Å². The van der Waals surface area contributed by atoms with E-state index in [4.69, 9.17) is 14.7 Å². The predicted molar refractivity (Wildman–Crippen MR) is 39.7 cm³/mol. The predicted octanol–water partition coefficient (Wildman–Crippen LogP) is 0.485. The van der Waals surface area contributed by atoms with Crippen molar-refractivity contribution in [3.8, 4) is 0 Å². The summed E-state index contributed by atoms with van der Waals surface area (Å²) in [4.78, 5) is 21.6. The van der Waals surface area contributed by atoms with Crippen molar-refractivity contribution in [2.24, 2.45) is 0 Å². The molecule has 8 heteroatoms. The number of ether oxygens (including phenoxy) is 2. The number of carbonyl (C=O) groups excluding carboxylic acids is 1. The molecular formula is C6H12O8. The van der Waals surface area contributed by atoms with Crippen LogP contribution in [0.1, 0.15) is 6.92 Å².